The van der Waals surface area contributed by atoms with Crippen LogP contribution in [-0.4, -0.2) is 30.1 Å². The first-order valence-electron chi connectivity index (χ1n) is 10.5. The molecule has 2 rings (SSSR count). The fraction of sp³-hybridized carbons (Fsp3) is 0.375. The Kier molecular flexibility index (Phi) is 9.53. The van der Waals surface area contributed by atoms with Crippen LogP contribution in [-0.2, 0) is 27.3 Å². The predicted molar refractivity (Wildman–Crippen MR) is 126 cm³/mol. The average Bonchev–Trinajstić information content (AvgIpc) is 2.70. The molecule has 7 nitrogen and oxygen atoms in total. The Morgan fingerprint density at radius 2 is 1.62 bits per heavy atom. The normalized spacial score (nSPS) is 10.9. The number of halogens is 1. The van der Waals surface area contributed by atoms with Crippen LogP contribution in [0.25, 0.3) is 0 Å². The number of nitrogens with one attached hydrogen (secondary N) is 3. The molecule has 0 saturated heterocycles. The number of hydrogen-bond acceptors (Lipinski definition) is 4. The first-order valence-corrected chi connectivity index (χ1v) is 10.9. The van der Waals surface area contributed by atoms with E-state index in [2.05, 4.69) is 16.0 Å². The maximum absolute atomic E-state index is 12.2. The van der Waals surface area contributed by atoms with Crippen LogP contribution in [0.5, 0.6) is 0 Å². The molecule has 0 atom stereocenters. The zero-order chi connectivity index (χ0) is 23.6. The molecule has 0 aromatic heterocycles. The lowest BCUT2D eigenvalue weighted by molar-refractivity contribution is -0.121. The minimum absolute atomic E-state index is 0.0801. The third-order valence-corrected chi connectivity index (χ3v) is 4.51. The van der Waals surface area contributed by atoms with Crippen LogP contribution < -0.4 is 16.0 Å². The Balaban J connectivity index is 1.67. The maximum Gasteiger partial charge on any atom is 0.407 e. The Morgan fingerprint density at radius 1 is 0.906 bits per heavy atom. The number of carbonyl (C=O) groups is 3. The fourth-order valence-electron chi connectivity index (χ4n) is 2.76. The van der Waals surface area contributed by atoms with Crippen molar-refractivity contribution in [2.45, 2.75) is 52.2 Å². The van der Waals surface area contributed by atoms with Crippen molar-refractivity contribution in [3.8, 4) is 0 Å². The summed E-state index contributed by atoms with van der Waals surface area (Å²) in [6.07, 6.45) is 0.574. The highest BCUT2D eigenvalue weighted by Gasteiger charge is 2.15. The van der Waals surface area contributed by atoms with Gasteiger partial charge in [-0.2, -0.15) is 0 Å². The number of aryl methyl sites for hydroxylation is 1. The molecule has 2 aromatic carbocycles. The van der Waals surface area contributed by atoms with E-state index in [0.29, 0.717) is 30.1 Å². The summed E-state index contributed by atoms with van der Waals surface area (Å²) in [7, 11) is 0. The first kappa shape index (κ1) is 25.2. The summed E-state index contributed by atoms with van der Waals surface area (Å²) in [5, 5.41) is 8.86. The van der Waals surface area contributed by atoms with Crippen LogP contribution >= 0.6 is 11.6 Å². The van der Waals surface area contributed by atoms with Gasteiger partial charge in [0, 0.05) is 36.6 Å². The van der Waals surface area contributed by atoms with Crippen molar-refractivity contribution in [3.63, 3.8) is 0 Å². The minimum atomic E-state index is -0.575. The van der Waals surface area contributed by atoms with Crippen molar-refractivity contribution in [2.75, 3.05) is 11.9 Å². The van der Waals surface area contributed by atoms with Gasteiger partial charge in [-0.3, -0.25) is 9.59 Å². The van der Waals surface area contributed by atoms with Crippen molar-refractivity contribution in [1.29, 1.82) is 0 Å². The van der Waals surface area contributed by atoms with E-state index < -0.39 is 11.7 Å². The van der Waals surface area contributed by atoms with Crippen LogP contribution in [0.1, 0.15) is 44.7 Å². The van der Waals surface area contributed by atoms with Gasteiger partial charge in [0.15, 0.2) is 0 Å². The van der Waals surface area contributed by atoms with E-state index >= 15 is 0 Å². The van der Waals surface area contributed by atoms with E-state index in [1.54, 1.807) is 39.0 Å². The zero-order valence-corrected chi connectivity index (χ0v) is 19.4. The van der Waals surface area contributed by atoms with Crippen molar-refractivity contribution in [2.24, 2.45) is 0 Å². The number of anilines is 1. The number of rotatable bonds is 9. The van der Waals surface area contributed by atoms with Crippen molar-refractivity contribution >= 4 is 35.2 Å². The van der Waals surface area contributed by atoms with Gasteiger partial charge in [0.1, 0.15) is 5.60 Å². The highest BCUT2D eigenvalue weighted by molar-refractivity contribution is 6.30. The van der Waals surface area contributed by atoms with Gasteiger partial charge in [-0.05, 0) is 62.6 Å². The van der Waals surface area contributed by atoms with Crippen molar-refractivity contribution < 1.29 is 19.1 Å². The average molecular weight is 460 g/mol. The van der Waals surface area contributed by atoms with Crippen LogP contribution in [0.2, 0.25) is 5.02 Å². The third-order valence-electron chi connectivity index (χ3n) is 4.28. The molecule has 3 N–H and O–H groups in total. The molecule has 3 amide bonds. The molecule has 0 radical (unpaired) electrons. The molecule has 0 aliphatic heterocycles. The quantitative estimate of drug-likeness (QED) is 0.516. The van der Waals surface area contributed by atoms with Crippen LogP contribution in [0.4, 0.5) is 10.5 Å². The summed E-state index contributed by atoms with van der Waals surface area (Å²) in [6, 6.07) is 14.7. The van der Waals surface area contributed by atoms with E-state index in [-0.39, 0.29) is 24.8 Å². The van der Waals surface area contributed by atoms with Gasteiger partial charge in [0.05, 0.1) is 0 Å². The van der Waals surface area contributed by atoms with Gasteiger partial charge in [0.25, 0.3) is 0 Å². The lowest BCUT2D eigenvalue weighted by Crippen LogP contribution is -2.35. The molecule has 0 saturated carbocycles. The summed E-state index contributed by atoms with van der Waals surface area (Å²) in [4.78, 5) is 35.6. The second-order valence-electron chi connectivity index (χ2n) is 8.33. The van der Waals surface area contributed by atoms with Gasteiger partial charge in [-0.25, -0.2) is 4.79 Å². The highest BCUT2D eigenvalue weighted by Crippen LogP contribution is 2.14. The highest BCUT2D eigenvalue weighted by atomic mass is 35.5. The summed E-state index contributed by atoms with van der Waals surface area (Å²) in [6.45, 7) is 5.88. The number of carbonyl (C=O) groups excluding carboxylic acids is 3. The van der Waals surface area contributed by atoms with E-state index in [0.717, 1.165) is 11.1 Å². The summed E-state index contributed by atoms with van der Waals surface area (Å²) < 4.78 is 5.11. The third kappa shape index (κ3) is 10.3. The van der Waals surface area contributed by atoms with E-state index in [4.69, 9.17) is 16.3 Å². The van der Waals surface area contributed by atoms with E-state index in [1.807, 2.05) is 30.3 Å². The molecular formula is C24H30ClN3O4. The molecule has 0 bridgehead atoms. The fourth-order valence-corrected chi connectivity index (χ4v) is 2.97. The molecular weight excluding hydrogens is 430 g/mol. The van der Waals surface area contributed by atoms with E-state index in [9.17, 15) is 14.4 Å². The Bertz CT molecular complexity index is 924. The van der Waals surface area contributed by atoms with Crippen molar-refractivity contribution in [1.82, 2.24) is 10.6 Å². The molecule has 0 spiro atoms. The predicted octanol–water partition coefficient (Wildman–Crippen LogP) is 4.44. The monoisotopic (exact) mass is 459 g/mol. The second-order valence-corrected chi connectivity index (χ2v) is 8.77. The number of alkyl carbamates (subject to hydrolysis) is 1. The minimum Gasteiger partial charge on any atom is -0.444 e. The molecule has 2 aromatic rings. The Labute approximate surface area is 193 Å². The number of hydrogen-bond donors (Lipinski definition) is 3. The SMILES string of the molecule is CC(C)(C)OC(=O)NCCC(=O)NCc1ccc(NC(=O)CCc2cccc(Cl)c2)cc1. The topological polar surface area (TPSA) is 96.5 Å². The molecule has 32 heavy (non-hydrogen) atoms. The smallest absolute Gasteiger partial charge is 0.407 e. The molecule has 0 fully saturated rings. The summed E-state index contributed by atoms with van der Waals surface area (Å²) >= 11 is 5.96. The Hall–Kier alpha value is -3.06. The van der Waals surface area contributed by atoms with Gasteiger partial charge in [-0.1, -0.05) is 35.9 Å². The largest absolute Gasteiger partial charge is 0.444 e. The maximum atomic E-state index is 12.2. The molecule has 0 aliphatic carbocycles. The number of amides is 3. The van der Waals surface area contributed by atoms with Crippen molar-refractivity contribution in [3.05, 3.63) is 64.7 Å². The van der Waals surface area contributed by atoms with Gasteiger partial charge < -0.3 is 20.7 Å². The van der Waals surface area contributed by atoms with Gasteiger partial charge >= 0.3 is 6.09 Å². The molecule has 0 heterocycles. The molecule has 8 heteroatoms. The zero-order valence-electron chi connectivity index (χ0n) is 18.7. The van der Waals surface area contributed by atoms with Crippen LogP contribution in [0, 0.1) is 0 Å². The Morgan fingerprint density at radius 3 is 2.28 bits per heavy atom. The number of ether oxygens (including phenoxy) is 1. The van der Waals surface area contributed by atoms with Crippen LogP contribution in [0.3, 0.4) is 0 Å². The molecule has 0 aliphatic rings. The summed E-state index contributed by atoms with van der Waals surface area (Å²) in [5.41, 5.74) is 2.03. The van der Waals surface area contributed by atoms with Gasteiger partial charge in [-0.15, -0.1) is 0 Å². The standard InChI is InChI=1S/C24H30ClN3O4/c1-24(2,3)32-23(31)26-14-13-21(29)27-16-18-7-10-20(11-8-18)28-22(30)12-9-17-5-4-6-19(25)15-17/h4-8,10-11,15H,9,12-14,16H2,1-3H3,(H,26,31)(H,27,29)(H,28,30). The first-order chi connectivity index (χ1) is 15.1. The lowest BCUT2D eigenvalue weighted by Gasteiger charge is -2.19. The van der Waals surface area contributed by atoms with Crippen LogP contribution in [0.15, 0.2) is 48.5 Å². The summed E-state index contributed by atoms with van der Waals surface area (Å²) in [5.74, 6) is -0.261. The number of benzene rings is 2. The van der Waals surface area contributed by atoms with Gasteiger partial charge in [0.2, 0.25) is 11.8 Å². The molecule has 172 valence electrons. The molecule has 0 unspecified atom stereocenters. The lowest BCUT2D eigenvalue weighted by atomic mass is 10.1. The second kappa shape index (κ2) is 12.1. The van der Waals surface area contributed by atoms with E-state index in [1.165, 1.54) is 0 Å².